The van der Waals surface area contributed by atoms with Crippen molar-refractivity contribution in [1.82, 2.24) is 9.62 Å². The highest BCUT2D eigenvalue weighted by Gasteiger charge is 2.31. The lowest BCUT2D eigenvalue weighted by Gasteiger charge is -2.32. The maximum Gasteiger partial charge on any atom is 0.251 e. The van der Waals surface area contributed by atoms with Gasteiger partial charge in [0.1, 0.15) is 0 Å². The van der Waals surface area contributed by atoms with Gasteiger partial charge in [-0.3, -0.25) is 4.79 Å². The van der Waals surface area contributed by atoms with E-state index in [1.807, 2.05) is 19.1 Å². The number of hydrogen-bond donors (Lipinski definition) is 1. The van der Waals surface area contributed by atoms with Crippen LogP contribution in [0.3, 0.4) is 0 Å². The molecular weight excluding hydrogens is 426 g/mol. The molecule has 0 saturated carbocycles. The fraction of sp³-hybridized carbons (Fsp3) is 0.458. The number of ether oxygens (including phenoxy) is 1. The van der Waals surface area contributed by atoms with Crippen LogP contribution >= 0.6 is 0 Å². The molecule has 1 atom stereocenters. The van der Waals surface area contributed by atoms with Gasteiger partial charge in [-0.15, -0.1) is 0 Å². The van der Waals surface area contributed by atoms with Gasteiger partial charge < -0.3 is 15.0 Å². The Kier molecular flexibility index (Phi) is 7.13. The van der Waals surface area contributed by atoms with Crippen molar-refractivity contribution in [3.63, 3.8) is 0 Å². The molecule has 7 nitrogen and oxygen atoms in total. The molecule has 32 heavy (non-hydrogen) atoms. The molecule has 1 unspecified atom stereocenters. The third-order valence-corrected chi connectivity index (χ3v) is 8.22. The highest BCUT2D eigenvalue weighted by molar-refractivity contribution is 7.89. The summed E-state index contributed by atoms with van der Waals surface area (Å²) in [6, 6.07) is 14.4. The fourth-order valence-corrected chi connectivity index (χ4v) is 6.04. The van der Waals surface area contributed by atoms with Gasteiger partial charge in [-0.25, -0.2) is 8.42 Å². The number of sulfonamides is 1. The fourth-order valence-electron chi connectivity index (χ4n) is 4.29. The van der Waals surface area contributed by atoms with E-state index in [1.54, 1.807) is 22.5 Å². The average molecular weight is 458 g/mol. The number of hydrogen-bond acceptors (Lipinski definition) is 5. The molecule has 2 aliphatic rings. The first-order chi connectivity index (χ1) is 15.4. The van der Waals surface area contributed by atoms with E-state index in [9.17, 15) is 13.2 Å². The van der Waals surface area contributed by atoms with Gasteiger partial charge in [0.2, 0.25) is 10.0 Å². The van der Waals surface area contributed by atoms with Crippen LogP contribution in [-0.4, -0.2) is 57.5 Å². The first-order valence-corrected chi connectivity index (χ1v) is 12.7. The summed E-state index contributed by atoms with van der Waals surface area (Å²) < 4.78 is 33.1. The number of carbonyl (C=O) groups is 1. The third-order valence-electron chi connectivity index (χ3n) is 6.21. The second-order valence-corrected chi connectivity index (χ2v) is 10.3. The van der Waals surface area contributed by atoms with Gasteiger partial charge in [0.05, 0.1) is 18.1 Å². The highest BCUT2D eigenvalue weighted by Crippen LogP contribution is 2.25. The maximum atomic E-state index is 13.1. The molecule has 172 valence electrons. The molecule has 0 aliphatic carbocycles. The Hall–Kier alpha value is -2.42. The lowest BCUT2D eigenvalue weighted by atomic mass is 10.1. The van der Waals surface area contributed by atoms with E-state index in [0.717, 1.165) is 56.8 Å². The predicted octanol–water partition coefficient (Wildman–Crippen LogP) is 3.02. The zero-order valence-electron chi connectivity index (χ0n) is 18.5. The molecule has 2 aromatic carbocycles. The van der Waals surface area contributed by atoms with Crippen LogP contribution in [0.5, 0.6) is 0 Å². The molecule has 8 heteroatoms. The number of nitrogens with one attached hydrogen (secondary N) is 1. The molecule has 4 rings (SSSR count). The van der Waals surface area contributed by atoms with Crippen molar-refractivity contribution in [2.75, 3.05) is 37.7 Å². The lowest BCUT2D eigenvalue weighted by Crippen LogP contribution is -2.42. The van der Waals surface area contributed by atoms with Crippen LogP contribution in [0.4, 0.5) is 5.69 Å². The Balaban J connectivity index is 1.39. The number of piperidine rings is 1. The van der Waals surface area contributed by atoms with E-state index in [4.69, 9.17) is 4.74 Å². The van der Waals surface area contributed by atoms with Crippen molar-refractivity contribution in [2.45, 2.75) is 43.7 Å². The summed E-state index contributed by atoms with van der Waals surface area (Å²) in [5, 5.41) is 2.90. The van der Waals surface area contributed by atoms with Gasteiger partial charge >= 0.3 is 0 Å². The average Bonchev–Trinajstić information content (AvgIpc) is 2.83. The van der Waals surface area contributed by atoms with Gasteiger partial charge in [0.25, 0.3) is 5.91 Å². The molecule has 2 fully saturated rings. The molecule has 1 amide bonds. The highest BCUT2D eigenvalue weighted by atomic mass is 32.2. The Morgan fingerprint density at radius 1 is 1.06 bits per heavy atom. The minimum atomic E-state index is -3.61. The molecule has 0 spiro atoms. The summed E-state index contributed by atoms with van der Waals surface area (Å²) >= 11 is 0. The number of amides is 1. The van der Waals surface area contributed by atoms with E-state index in [2.05, 4.69) is 22.3 Å². The summed E-state index contributed by atoms with van der Waals surface area (Å²) in [7, 11) is -3.61. The van der Waals surface area contributed by atoms with Crippen molar-refractivity contribution >= 4 is 21.6 Å². The Morgan fingerprint density at radius 2 is 1.81 bits per heavy atom. The first kappa shape index (κ1) is 22.8. The quantitative estimate of drug-likeness (QED) is 0.721. The van der Waals surface area contributed by atoms with Crippen LogP contribution in [0.1, 0.15) is 42.1 Å². The molecule has 2 aliphatic heterocycles. The summed E-state index contributed by atoms with van der Waals surface area (Å²) in [6.07, 6.45) is 2.78. The number of benzene rings is 2. The van der Waals surface area contributed by atoms with Crippen LogP contribution in [-0.2, 0) is 21.3 Å². The topological polar surface area (TPSA) is 79.0 Å². The maximum absolute atomic E-state index is 13.1. The van der Waals surface area contributed by atoms with E-state index in [0.29, 0.717) is 18.7 Å². The lowest BCUT2D eigenvalue weighted by molar-refractivity contribution is 0.0950. The van der Waals surface area contributed by atoms with Crippen molar-refractivity contribution in [3.8, 4) is 0 Å². The van der Waals surface area contributed by atoms with E-state index in [-0.39, 0.29) is 16.8 Å². The number of anilines is 1. The minimum Gasteiger partial charge on any atom is -0.378 e. The number of morpholine rings is 1. The molecule has 1 N–H and O–H groups in total. The van der Waals surface area contributed by atoms with Crippen LogP contribution in [0, 0.1) is 0 Å². The number of nitrogens with zero attached hydrogens (tertiary/aromatic N) is 2. The molecule has 2 saturated heterocycles. The van der Waals surface area contributed by atoms with E-state index in [1.165, 1.54) is 6.07 Å². The summed E-state index contributed by atoms with van der Waals surface area (Å²) in [5.74, 6) is -0.286. The van der Waals surface area contributed by atoms with E-state index >= 15 is 0 Å². The zero-order valence-corrected chi connectivity index (χ0v) is 19.3. The normalized spacial score (nSPS) is 20.2. The van der Waals surface area contributed by atoms with Gasteiger partial charge in [-0.1, -0.05) is 24.6 Å². The van der Waals surface area contributed by atoms with E-state index < -0.39 is 10.0 Å². The van der Waals surface area contributed by atoms with Crippen molar-refractivity contribution in [2.24, 2.45) is 0 Å². The number of carbonyl (C=O) groups excluding carboxylic acids is 1. The van der Waals surface area contributed by atoms with Crippen LogP contribution in [0.2, 0.25) is 0 Å². The molecule has 2 aromatic rings. The molecule has 2 heterocycles. The van der Waals surface area contributed by atoms with Crippen molar-refractivity contribution in [3.05, 3.63) is 59.7 Å². The summed E-state index contributed by atoms with van der Waals surface area (Å²) in [6.45, 7) is 6.09. The first-order valence-electron chi connectivity index (χ1n) is 11.3. The van der Waals surface area contributed by atoms with Crippen molar-refractivity contribution < 1.29 is 17.9 Å². The molecular formula is C24H31N3O4S. The Labute approximate surface area is 190 Å². The number of rotatable bonds is 6. The minimum absolute atomic E-state index is 0.0216. The molecule has 0 bridgehead atoms. The monoisotopic (exact) mass is 457 g/mol. The Bertz CT molecular complexity index is 1030. The molecule has 0 radical (unpaired) electrons. The smallest absolute Gasteiger partial charge is 0.251 e. The third kappa shape index (κ3) is 5.14. The van der Waals surface area contributed by atoms with Gasteiger partial charge in [0.15, 0.2) is 0 Å². The van der Waals surface area contributed by atoms with Gasteiger partial charge in [-0.05, 0) is 55.7 Å². The predicted molar refractivity (Wildman–Crippen MR) is 124 cm³/mol. The zero-order chi connectivity index (χ0) is 22.6. The van der Waals surface area contributed by atoms with Crippen LogP contribution in [0.25, 0.3) is 0 Å². The largest absolute Gasteiger partial charge is 0.378 e. The summed E-state index contributed by atoms with van der Waals surface area (Å²) in [5.41, 5.74) is 2.48. The van der Waals surface area contributed by atoms with Crippen molar-refractivity contribution in [1.29, 1.82) is 0 Å². The van der Waals surface area contributed by atoms with Gasteiger partial charge in [0, 0.05) is 43.5 Å². The van der Waals surface area contributed by atoms with Gasteiger partial charge in [-0.2, -0.15) is 4.31 Å². The van der Waals surface area contributed by atoms with Crippen LogP contribution in [0.15, 0.2) is 53.4 Å². The summed E-state index contributed by atoms with van der Waals surface area (Å²) in [4.78, 5) is 15.2. The van der Waals surface area contributed by atoms with Crippen LogP contribution < -0.4 is 10.2 Å². The standard InChI is InChI=1S/C24H31N3O4S/c1-19-5-2-3-12-27(19)32(29,30)23-7-4-6-21(17-23)24(28)25-18-20-8-10-22(11-9-20)26-13-15-31-16-14-26/h4,6-11,17,19H,2-3,5,12-16,18H2,1H3,(H,25,28). The molecule has 0 aromatic heterocycles. The second kappa shape index (κ2) is 10.0. The second-order valence-electron chi connectivity index (χ2n) is 8.44. The SMILES string of the molecule is CC1CCCCN1S(=O)(=O)c1cccc(C(=O)NCc2ccc(N3CCOCC3)cc2)c1. The Morgan fingerprint density at radius 3 is 2.53 bits per heavy atom.